The van der Waals surface area contributed by atoms with Crippen LogP contribution >= 0.6 is 11.6 Å². The van der Waals surface area contributed by atoms with Gasteiger partial charge in [0.1, 0.15) is 21.9 Å². The first-order valence-electron chi connectivity index (χ1n) is 7.70. The Morgan fingerprint density at radius 1 is 1.48 bits per heavy atom. The molecule has 2 heterocycles. The van der Waals surface area contributed by atoms with Crippen molar-refractivity contribution in [3.63, 3.8) is 0 Å². The van der Waals surface area contributed by atoms with E-state index in [1.165, 1.54) is 16.9 Å². The summed E-state index contributed by atoms with van der Waals surface area (Å²) >= 11 is 6.17. The quantitative estimate of drug-likeness (QED) is 0.595. The van der Waals surface area contributed by atoms with Crippen molar-refractivity contribution in [1.29, 1.82) is 5.26 Å². The first kappa shape index (κ1) is 19.2. The second-order valence-electron chi connectivity index (χ2n) is 6.45. The van der Waals surface area contributed by atoms with Crippen LogP contribution in [0.25, 0.3) is 10.9 Å². The third kappa shape index (κ3) is 3.14. The summed E-state index contributed by atoms with van der Waals surface area (Å²) in [4.78, 5) is 2.40. The second kappa shape index (κ2) is 6.53. The zero-order chi connectivity index (χ0) is 20.0. The molecule has 0 unspecified atom stereocenters. The lowest BCUT2D eigenvalue weighted by molar-refractivity contribution is 0.152. The molecule has 0 atom stereocenters. The van der Waals surface area contributed by atoms with Gasteiger partial charge in [-0.3, -0.25) is 4.72 Å². The second-order valence-corrected chi connectivity index (χ2v) is 8.46. The summed E-state index contributed by atoms with van der Waals surface area (Å²) in [7, 11) is -4.17. The van der Waals surface area contributed by atoms with Gasteiger partial charge in [-0.1, -0.05) is 11.6 Å². The number of aliphatic hydroxyl groups excluding tert-OH is 1. The third-order valence-electron chi connectivity index (χ3n) is 4.08. The molecule has 3 rings (SSSR count). The number of hydrogen-bond acceptors (Lipinski definition) is 5. The highest BCUT2D eigenvalue weighted by molar-refractivity contribution is 7.92. The van der Waals surface area contributed by atoms with Gasteiger partial charge in [-0.05, 0) is 26.0 Å². The van der Waals surface area contributed by atoms with Gasteiger partial charge in [0.2, 0.25) is 0 Å². The summed E-state index contributed by atoms with van der Waals surface area (Å²) in [5.41, 5.74) is -0.665. The van der Waals surface area contributed by atoms with Gasteiger partial charge in [-0.2, -0.15) is 10.4 Å². The highest BCUT2D eigenvalue weighted by Gasteiger charge is 2.29. The van der Waals surface area contributed by atoms with Gasteiger partial charge in [0.25, 0.3) is 10.0 Å². The summed E-state index contributed by atoms with van der Waals surface area (Å²) < 4.78 is 43.1. The van der Waals surface area contributed by atoms with Crippen LogP contribution in [0.15, 0.2) is 29.4 Å². The molecule has 8 nitrogen and oxygen atoms in total. The number of benzene rings is 1. The number of rotatable bonds is 5. The van der Waals surface area contributed by atoms with Crippen LogP contribution in [0.4, 0.5) is 10.1 Å². The summed E-state index contributed by atoms with van der Waals surface area (Å²) in [5, 5.41) is 22.3. The predicted molar refractivity (Wildman–Crippen MR) is 97.4 cm³/mol. The molecule has 3 N–H and O–H groups in total. The number of hydrogen-bond donors (Lipinski definition) is 3. The van der Waals surface area contributed by atoms with Crippen molar-refractivity contribution in [1.82, 2.24) is 14.8 Å². The maximum Gasteiger partial charge on any atom is 0.266 e. The number of H-pyrrole nitrogens is 1. The Morgan fingerprint density at radius 3 is 2.81 bits per heavy atom. The number of halogens is 2. The predicted octanol–water partition coefficient (Wildman–Crippen LogP) is 2.56. The minimum atomic E-state index is -4.17. The molecule has 0 bridgehead atoms. The maximum atomic E-state index is 14.0. The Kier molecular flexibility index (Phi) is 4.63. The molecule has 3 aromatic rings. The first-order chi connectivity index (χ1) is 12.6. The van der Waals surface area contributed by atoms with E-state index in [-0.39, 0.29) is 38.8 Å². The summed E-state index contributed by atoms with van der Waals surface area (Å²) in [6, 6.07) is 4.14. The third-order valence-corrected chi connectivity index (χ3v) is 5.92. The van der Waals surface area contributed by atoms with E-state index in [4.69, 9.17) is 16.9 Å². The fourth-order valence-electron chi connectivity index (χ4n) is 2.57. The molecule has 0 amide bonds. The standard InChI is InChI=1S/C16H15ClFN5O3S/c1-16(2,8-24)23-15(17)12(7-21-23)27(25,26)22-11-4-3-10(18)13-9(5-19)6-20-14(11)13/h3-4,6-7,20,22,24H,8H2,1-2H3. The van der Waals surface area contributed by atoms with Crippen molar-refractivity contribution in [2.75, 3.05) is 11.3 Å². The Hall–Kier alpha value is -2.61. The summed E-state index contributed by atoms with van der Waals surface area (Å²) in [6.07, 6.45) is 2.36. The SMILES string of the molecule is CC(C)(CO)n1ncc(S(=O)(=O)Nc2ccc(F)c3c(C#N)c[nH]c23)c1Cl. The lowest BCUT2D eigenvalue weighted by Crippen LogP contribution is -2.31. The number of anilines is 1. The summed E-state index contributed by atoms with van der Waals surface area (Å²) in [5.74, 6) is -0.652. The molecule has 27 heavy (non-hydrogen) atoms. The highest BCUT2D eigenvalue weighted by atomic mass is 35.5. The molecule has 0 fully saturated rings. The Bertz CT molecular complexity index is 1180. The number of aliphatic hydroxyl groups is 1. The number of nitriles is 1. The average Bonchev–Trinajstić information content (AvgIpc) is 3.22. The molecule has 142 valence electrons. The van der Waals surface area contributed by atoms with E-state index in [1.807, 2.05) is 6.07 Å². The van der Waals surface area contributed by atoms with E-state index >= 15 is 0 Å². The molecule has 0 aliphatic rings. The minimum absolute atomic E-state index is 0.0131. The van der Waals surface area contributed by atoms with Crippen LogP contribution in [0.5, 0.6) is 0 Å². The van der Waals surface area contributed by atoms with Crippen LogP contribution in [0, 0.1) is 17.1 Å². The van der Waals surface area contributed by atoms with E-state index < -0.39 is 21.4 Å². The van der Waals surface area contributed by atoms with Crippen LogP contribution in [0.3, 0.4) is 0 Å². The van der Waals surface area contributed by atoms with Crippen molar-refractivity contribution >= 4 is 38.2 Å². The van der Waals surface area contributed by atoms with Gasteiger partial charge in [-0.25, -0.2) is 17.5 Å². The van der Waals surface area contributed by atoms with Crippen molar-refractivity contribution in [3.05, 3.63) is 41.1 Å². The molecule has 0 aliphatic heterocycles. The van der Waals surface area contributed by atoms with Crippen LogP contribution in [0.2, 0.25) is 5.15 Å². The number of aromatic nitrogens is 3. The monoisotopic (exact) mass is 411 g/mol. The van der Waals surface area contributed by atoms with E-state index in [1.54, 1.807) is 13.8 Å². The van der Waals surface area contributed by atoms with Gasteiger partial charge in [0, 0.05) is 6.20 Å². The van der Waals surface area contributed by atoms with Gasteiger partial charge in [0.05, 0.1) is 40.5 Å². The number of fused-ring (bicyclic) bond motifs is 1. The van der Waals surface area contributed by atoms with Crippen LogP contribution < -0.4 is 4.72 Å². The minimum Gasteiger partial charge on any atom is -0.394 e. The fourth-order valence-corrected chi connectivity index (χ4v) is 4.26. The Labute approximate surface area is 159 Å². The van der Waals surface area contributed by atoms with Crippen LogP contribution in [-0.4, -0.2) is 34.9 Å². The number of nitrogens with zero attached hydrogens (tertiary/aromatic N) is 3. The van der Waals surface area contributed by atoms with Gasteiger partial charge in [-0.15, -0.1) is 0 Å². The largest absolute Gasteiger partial charge is 0.394 e. The molecule has 0 saturated carbocycles. The fraction of sp³-hybridized carbons (Fsp3) is 0.250. The van der Waals surface area contributed by atoms with Gasteiger partial charge >= 0.3 is 0 Å². The van der Waals surface area contributed by atoms with Gasteiger partial charge in [0.15, 0.2) is 0 Å². The van der Waals surface area contributed by atoms with Gasteiger partial charge < -0.3 is 10.1 Å². The summed E-state index contributed by atoms with van der Waals surface area (Å²) in [6.45, 7) is 2.97. The topological polar surface area (TPSA) is 124 Å². The zero-order valence-corrected chi connectivity index (χ0v) is 15.9. The highest BCUT2D eigenvalue weighted by Crippen LogP contribution is 2.32. The average molecular weight is 412 g/mol. The Balaban J connectivity index is 2.07. The van der Waals surface area contributed by atoms with E-state index in [2.05, 4.69) is 14.8 Å². The van der Waals surface area contributed by atoms with Crippen LogP contribution in [-0.2, 0) is 15.6 Å². The molecule has 1 aromatic carbocycles. The number of sulfonamides is 1. The van der Waals surface area contributed by atoms with Crippen molar-refractivity contribution in [3.8, 4) is 6.07 Å². The molecule has 11 heteroatoms. The van der Waals surface area contributed by atoms with E-state index in [0.717, 1.165) is 12.3 Å². The molecule has 0 saturated heterocycles. The van der Waals surface area contributed by atoms with Crippen LogP contribution in [0.1, 0.15) is 19.4 Å². The molecular formula is C16H15ClFN5O3S. The van der Waals surface area contributed by atoms with Crippen molar-refractivity contribution in [2.45, 2.75) is 24.3 Å². The normalized spacial score (nSPS) is 12.3. The lowest BCUT2D eigenvalue weighted by atomic mass is 10.1. The van der Waals surface area contributed by atoms with Crippen molar-refractivity contribution in [2.24, 2.45) is 0 Å². The maximum absolute atomic E-state index is 14.0. The number of aromatic amines is 1. The number of nitrogens with one attached hydrogen (secondary N) is 2. The molecular weight excluding hydrogens is 397 g/mol. The Morgan fingerprint density at radius 2 is 2.19 bits per heavy atom. The first-order valence-corrected chi connectivity index (χ1v) is 9.56. The molecule has 0 aliphatic carbocycles. The smallest absolute Gasteiger partial charge is 0.266 e. The van der Waals surface area contributed by atoms with E-state index in [9.17, 15) is 17.9 Å². The molecule has 0 radical (unpaired) electrons. The van der Waals surface area contributed by atoms with Crippen molar-refractivity contribution < 1.29 is 17.9 Å². The lowest BCUT2D eigenvalue weighted by Gasteiger charge is -2.23. The molecule has 0 spiro atoms. The van der Waals surface area contributed by atoms with E-state index in [0.29, 0.717) is 0 Å². The molecule has 2 aromatic heterocycles. The zero-order valence-electron chi connectivity index (χ0n) is 14.3.